The lowest BCUT2D eigenvalue weighted by atomic mass is 10.3. The second-order valence-corrected chi connectivity index (χ2v) is 4.00. The van der Waals surface area contributed by atoms with Crippen molar-refractivity contribution in [2.45, 2.75) is 13.0 Å². The van der Waals surface area contributed by atoms with Gasteiger partial charge in [0.05, 0.1) is 0 Å². The number of anilines is 1. The predicted molar refractivity (Wildman–Crippen MR) is 70.4 cm³/mol. The van der Waals surface area contributed by atoms with E-state index < -0.39 is 0 Å². The summed E-state index contributed by atoms with van der Waals surface area (Å²) in [7, 11) is 0. The summed E-state index contributed by atoms with van der Waals surface area (Å²) in [6, 6.07) is 9.96. The fourth-order valence-corrected chi connectivity index (χ4v) is 1.56. The summed E-state index contributed by atoms with van der Waals surface area (Å²) in [5.41, 5.74) is 1.09. The van der Waals surface area contributed by atoms with Gasteiger partial charge in [-0.1, -0.05) is 18.2 Å². The van der Waals surface area contributed by atoms with Crippen molar-refractivity contribution >= 4 is 11.6 Å². The largest absolute Gasteiger partial charge is 0.385 e. The van der Waals surface area contributed by atoms with Crippen molar-refractivity contribution in [3.8, 4) is 0 Å². The van der Waals surface area contributed by atoms with Gasteiger partial charge < -0.3 is 10.6 Å². The van der Waals surface area contributed by atoms with Crippen LogP contribution in [-0.2, 0) is 11.3 Å². The average Bonchev–Trinajstić information content (AvgIpc) is 2.92. The first-order chi connectivity index (χ1) is 9.34. The van der Waals surface area contributed by atoms with Crippen molar-refractivity contribution in [1.29, 1.82) is 0 Å². The molecular formula is C12H16N6O. The molecule has 2 N–H and O–H groups in total. The number of nitrogens with zero attached hydrogens (tertiary/aromatic N) is 4. The number of benzene rings is 1. The van der Waals surface area contributed by atoms with E-state index >= 15 is 0 Å². The van der Waals surface area contributed by atoms with Crippen LogP contribution in [0.1, 0.15) is 6.42 Å². The Kier molecular flexibility index (Phi) is 4.86. The quantitative estimate of drug-likeness (QED) is 0.699. The molecule has 1 amide bonds. The van der Waals surface area contributed by atoms with Crippen molar-refractivity contribution in [1.82, 2.24) is 25.5 Å². The molecule has 0 aliphatic heterocycles. The van der Waals surface area contributed by atoms with Gasteiger partial charge in [-0.2, -0.15) is 0 Å². The van der Waals surface area contributed by atoms with Gasteiger partial charge in [-0.3, -0.25) is 4.79 Å². The second-order valence-electron chi connectivity index (χ2n) is 4.00. The normalized spacial score (nSPS) is 10.1. The van der Waals surface area contributed by atoms with Gasteiger partial charge in [0.25, 0.3) is 0 Å². The summed E-state index contributed by atoms with van der Waals surface area (Å²) < 4.78 is 1.39. The van der Waals surface area contributed by atoms with E-state index in [1.165, 1.54) is 11.0 Å². The summed E-state index contributed by atoms with van der Waals surface area (Å²) in [5, 5.41) is 16.6. The molecule has 0 radical (unpaired) electrons. The summed E-state index contributed by atoms with van der Waals surface area (Å²) in [4.78, 5) is 11.5. The molecule has 1 heterocycles. The van der Waals surface area contributed by atoms with Crippen LogP contribution in [0.2, 0.25) is 0 Å². The van der Waals surface area contributed by atoms with Gasteiger partial charge in [0.2, 0.25) is 5.91 Å². The molecule has 7 heteroatoms. The van der Waals surface area contributed by atoms with E-state index in [0.717, 1.165) is 18.7 Å². The molecule has 2 aromatic rings. The highest BCUT2D eigenvalue weighted by atomic mass is 16.2. The van der Waals surface area contributed by atoms with Crippen LogP contribution in [0.5, 0.6) is 0 Å². The molecule has 0 unspecified atom stereocenters. The molecule has 1 aromatic heterocycles. The lowest BCUT2D eigenvalue weighted by molar-refractivity contribution is -0.121. The van der Waals surface area contributed by atoms with Crippen molar-refractivity contribution in [2.24, 2.45) is 0 Å². The smallest absolute Gasteiger partial charge is 0.241 e. The Labute approximate surface area is 111 Å². The Balaban J connectivity index is 1.56. The van der Waals surface area contributed by atoms with Crippen molar-refractivity contribution in [2.75, 3.05) is 18.4 Å². The van der Waals surface area contributed by atoms with Crippen LogP contribution < -0.4 is 10.6 Å². The number of carbonyl (C=O) groups is 1. The van der Waals surface area contributed by atoms with Crippen LogP contribution in [0.4, 0.5) is 5.69 Å². The number of carbonyl (C=O) groups excluding carboxylic acids is 1. The molecular weight excluding hydrogens is 244 g/mol. The summed E-state index contributed by atoms with van der Waals surface area (Å²) in [5.74, 6) is -0.0907. The summed E-state index contributed by atoms with van der Waals surface area (Å²) in [6.45, 7) is 1.59. The van der Waals surface area contributed by atoms with E-state index in [1.807, 2.05) is 30.3 Å². The van der Waals surface area contributed by atoms with Gasteiger partial charge >= 0.3 is 0 Å². The molecule has 1 aromatic carbocycles. The third kappa shape index (κ3) is 4.74. The van der Waals surface area contributed by atoms with Crippen LogP contribution in [-0.4, -0.2) is 39.2 Å². The number of hydrogen-bond donors (Lipinski definition) is 2. The minimum atomic E-state index is -0.0907. The van der Waals surface area contributed by atoms with Crippen molar-refractivity contribution < 1.29 is 4.79 Å². The highest BCUT2D eigenvalue weighted by molar-refractivity contribution is 5.75. The first kappa shape index (κ1) is 13.0. The number of nitrogens with one attached hydrogen (secondary N) is 2. The zero-order valence-corrected chi connectivity index (χ0v) is 10.5. The third-order valence-corrected chi connectivity index (χ3v) is 2.48. The molecule has 19 heavy (non-hydrogen) atoms. The Morgan fingerprint density at radius 2 is 2.05 bits per heavy atom. The van der Waals surface area contributed by atoms with Gasteiger partial charge in [-0.25, -0.2) is 4.68 Å². The highest BCUT2D eigenvalue weighted by Gasteiger charge is 2.02. The van der Waals surface area contributed by atoms with Crippen LogP contribution in [0.15, 0.2) is 36.7 Å². The molecule has 0 saturated carbocycles. The maximum atomic E-state index is 11.5. The van der Waals surface area contributed by atoms with E-state index in [2.05, 4.69) is 26.2 Å². The van der Waals surface area contributed by atoms with Gasteiger partial charge in [0, 0.05) is 18.8 Å². The molecule has 0 fully saturated rings. The molecule has 7 nitrogen and oxygen atoms in total. The van der Waals surface area contributed by atoms with Gasteiger partial charge in [-0.05, 0) is 29.0 Å². The van der Waals surface area contributed by atoms with E-state index in [-0.39, 0.29) is 12.5 Å². The minimum absolute atomic E-state index is 0.0907. The molecule has 0 saturated heterocycles. The monoisotopic (exact) mass is 260 g/mol. The van der Waals surface area contributed by atoms with Crippen molar-refractivity contribution in [3.63, 3.8) is 0 Å². The molecule has 2 rings (SSSR count). The number of amides is 1. The van der Waals surface area contributed by atoms with Crippen LogP contribution in [0, 0.1) is 0 Å². The van der Waals surface area contributed by atoms with Crippen molar-refractivity contribution in [3.05, 3.63) is 36.7 Å². The zero-order valence-electron chi connectivity index (χ0n) is 10.5. The topological polar surface area (TPSA) is 84.7 Å². The maximum Gasteiger partial charge on any atom is 0.241 e. The molecule has 0 atom stereocenters. The number of hydrogen-bond acceptors (Lipinski definition) is 5. The third-order valence-electron chi connectivity index (χ3n) is 2.48. The van der Waals surface area contributed by atoms with E-state index in [0.29, 0.717) is 6.54 Å². The Hall–Kier alpha value is -2.44. The number of aromatic nitrogens is 4. The fraction of sp³-hybridized carbons (Fsp3) is 0.333. The van der Waals surface area contributed by atoms with E-state index in [9.17, 15) is 4.79 Å². The predicted octanol–water partition coefficient (Wildman–Crippen LogP) is 0.291. The second kappa shape index (κ2) is 7.10. The number of rotatable bonds is 7. The Morgan fingerprint density at radius 1 is 1.21 bits per heavy atom. The molecule has 100 valence electrons. The lowest BCUT2D eigenvalue weighted by Crippen LogP contribution is -2.29. The van der Waals surface area contributed by atoms with Gasteiger partial charge in [0.15, 0.2) is 0 Å². The fourth-order valence-electron chi connectivity index (χ4n) is 1.56. The zero-order chi connectivity index (χ0) is 13.3. The Bertz CT molecular complexity index is 484. The SMILES string of the molecule is O=C(Cn1cnnn1)NCCCNc1ccccc1. The minimum Gasteiger partial charge on any atom is -0.385 e. The lowest BCUT2D eigenvalue weighted by Gasteiger charge is -2.07. The highest BCUT2D eigenvalue weighted by Crippen LogP contribution is 2.03. The van der Waals surface area contributed by atoms with Crippen LogP contribution in [0.3, 0.4) is 0 Å². The van der Waals surface area contributed by atoms with Gasteiger partial charge in [0.1, 0.15) is 12.9 Å². The number of tetrazole rings is 1. The van der Waals surface area contributed by atoms with E-state index in [1.54, 1.807) is 0 Å². The van der Waals surface area contributed by atoms with Crippen LogP contribution in [0.25, 0.3) is 0 Å². The molecule has 0 bridgehead atoms. The first-order valence-corrected chi connectivity index (χ1v) is 6.11. The van der Waals surface area contributed by atoms with E-state index in [4.69, 9.17) is 0 Å². The van der Waals surface area contributed by atoms with Crippen LogP contribution >= 0.6 is 0 Å². The summed E-state index contributed by atoms with van der Waals surface area (Å²) >= 11 is 0. The Morgan fingerprint density at radius 3 is 2.79 bits per heavy atom. The average molecular weight is 260 g/mol. The number of para-hydroxylation sites is 1. The summed E-state index contributed by atoms with van der Waals surface area (Å²) in [6.07, 6.45) is 2.27. The first-order valence-electron chi connectivity index (χ1n) is 6.11. The van der Waals surface area contributed by atoms with Gasteiger partial charge in [-0.15, -0.1) is 5.10 Å². The molecule has 0 aliphatic rings. The molecule has 0 aliphatic carbocycles. The molecule has 0 spiro atoms. The standard InChI is InChI=1S/C12H16N6O/c19-12(9-18-10-15-16-17-18)14-8-4-7-13-11-5-2-1-3-6-11/h1-3,5-6,10,13H,4,7-9H2,(H,14,19). The maximum absolute atomic E-state index is 11.5.